The van der Waals surface area contributed by atoms with Crippen LogP contribution in [0.25, 0.3) is 0 Å². The van der Waals surface area contributed by atoms with Crippen LogP contribution in [0.15, 0.2) is 12.4 Å². The summed E-state index contributed by atoms with van der Waals surface area (Å²) in [5.41, 5.74) is 5.64. The van der Waals surface area contributed by atoms with Crippen LogP contribution in [0.5, 0.6) is 0 Å². The molecule has 1 aromatic rings. The standard InChI is InChI=1S/C12H17N5O2/c13-10-7-14-8-11(15-10)16-3-1-9(2-4-16)17-5-6-19-12(17)18/h7-9H,1-6H2,(H2,13,15). The number of hydrogen-bond donors (Lipinski definition) is 1. The van der Waals surface area contributed by atoms with E-state index in [0.717, 1.165) is 31.7 Å². The molecule has 7 heteroatoms. The minimum absolute atomic E-state index is 0.179. The molecular weight excluding hydrogens is 246 g/mol. The Bertz CT molecular complexity index is 473. The molecule has 2 aliphatic rings. The molecular formula is C12H17N5O2. The molecule has 0 atom stereocenters. The predicted octanol–water partition coefficient (Wildman–Crippen LogP) is 0.480. The molecule has 2 N–H and O–H groups in total. The molecule has 102 valence electrons. The first-order valence-corrected chi connectivity index (χ1v) is 6.50. The zero-order valence-electron chi connectivity index (χ0n) is 10.7. The number of cyclic esters (lactones) is 1. The van der Waals surface area contributed by atoms with Crippen molar-refractivity contribution in [2.45, 2.75) is 18.9 Å². The molecule has 0 saturated carbocycles. The van der Waals surface area contributed by atoms with E-state index >= 15 is 0 Å². The average Bonchev–Trinajstić information content (AvgIpc) is 2.85. The van der Waals surface area contributed by atoms with E-state index in [1.807, 2.05) is 4.90 Å². The monoisotopic (exact) mass is 263 g/mol. The summed E-state index contributed by atoms with van der Waals surface area (Å²) >= 11 is 0. The summed E-state index contributed by atoms with van der Waals surface area (Å²) in [5.74, 6) is 1.24. The van der Waals surface area contributed by atoms with Gasteiger partial charge in [-0.2, -0.15) is 0 Å². The van der Waals surface area contributed by atoms with Gasteiger partial charge in [0.25, 0.3) is 0 Å². The van der Waals surface area contributed by atoms with Gasteiger partial charge in [0, 0.05) is 19.1 Å². The Kier molecular flexibility index (Phi) is 3.10. The molecule has 0 aliphatic carbocycles. The molecule has 0 bridgehead atoms. The number of hydrogen-bond acceptors (Lipinski definition) is 6. The largest absolute Gasteiger partial charge is 0.448 e. The van der Waals surface area contributed by atoms with Crippen LogP contribution < -0.4 is 10.6 Å². The summed E-state index contributed by atoms with van der Waals surface area (Å²) in [5, 5.41) is 0. The lowest BCUT2D eigenvalue weighted by atomic mass is 10.0. The Morgan fingerprint density at radius 3 is 2.68 bits per heavy atom. The Hall–Kier alpha value is -2.05. The number of carbonyl (C=O) groups excluding carboxylic acids is 1. The van der Waals surface area contributed by atoms with Crippen LogP contribution in [-0.4, -0.2) is 53.2 Å². The first-order valence-electron chi connectivity index (χ1n) is 6.50. The second-order valence-corrected chi connectivity index (χ2v) is 4.83. The van der Waals surface area contributed by atoms with Crippen LogP contribution in [0.3, 0.4) is 0 Å². The number of nitrogen functional groups attached to an aromatic ring is 1. The SMILES string of the molecule is Nc1cncc(N2CCC(N3CCOC3=O)CC2)n1. The van der Waals surface area contributed by atoms with Crippen molar-refractivity contribution in [1.82, 2.24) is 14.9 Å². The summed E-state index contributed by atoms with van der Waals surface area (Å²) in [6, 6.07) is 0.278. The number of ether oxygens (including phenoxy) is 1. The van der Waals surface area contributed by atoms with Crippen molar-refractivity contribution in [2.75, 3.05) is 36.9 Å². The Morgan fingerprint density at radius 2 is 2.05 bits per heavy atom. The average molecular weight is 263 g/mol. The number of aromatic nitrogens is 2. The van der Waals surface area contributed by atoms with Crippen LogP contribution >= 0.6 is 0 Å². The molecule has 1 aromatic heterocycles. The van der Waals surface area contributed by atoms with Gasteiger partial charge in [0.1, 0.15) is 18.2 Å². The number of piperidine rings is 1. The highest BCUT2D eigenvalue weighted by Crippen LogP contribution is 2.23. The maximum absolute atomic E-state index is 11.5. The van der Waals surface area contributed by atoms with Crippen molar-refractivity contribution in [3.05, 3.63) is 12.4 Å². The topological polar surface area (TPSA) is 84.6 Å². The number of carbonyl (C=O) groups is 1. The number of nitrogens with zero attached hydrogens (tertiary/aromatic N) is 4. The van der Waals surface area contributed by atoms with Crippen molar-refractivity contribution in [1.29, 1.82) is 0 Å². The first-order chi connectivity index (χ1) is 9.24. The van der Waals surface area contributed by atoms with Gasteiger partial charge in [0.2, 0.25) is 0 Å². The molecule has 0 spiro atoms. The highest BCUT2D eigenvalue weighted by molar-refractivity contribution is 5.69. The number of anilines is 2. The molecule has 19 heavy (non-hydrogen) atoms. The zero-order chi connectivity index (χ0) is 13.2. The molecule has 7 nitrogen and oxygen atoms in total. The van der Waals surface area contributed by atoms with Crippen molar-refractivity contribution >= 4 is 17.7 Å². The zero-order valence-corrected chi connectivity index (χ0v) is 10.7. The minimum Gasteiger partial charge on any atom is -0.448 e. The second kappa shape index (κ2) is 4.91. The number of amides is 1. The highest BCUT2D eigenvalue weighted by Gasteiger charge is 2.32. The third-order valence-electron chi connectivity index (χ3n) is 3.66. The van der Waals surface area contributed by atoms with E-state index < -0.39 is 0 Å². The van der Waals surface area contributed by atoms with Crippen LogP contribution in [0.4, 0.5) is 16.4 Å². The van der Waals surface area contributed by atoms with E-state index in [0.29, 0.717) is 19.0 Å². The smallest absolute Gasteiger partial charge is 0.410 e. The molecule has 2 fully saturated rings. The van der Waals surface area contributed by atoms with E-state index in [9.17, 15) is 4.79 Å². The van der Waals surface area contributed by atoms with Crippen molar-refractivity contribution in [3.63, 3.8) is 0 Å². The molecule has 3 rings (SSSR count). The van der Waals surface area contributed by atoms with Gasteiger partial charge in [-0.05, 0) is 12.8 Å². The van der Waals surface area contributed by atoms with Gasteiger partial charge < -0.3 is 20.3 Å². The van der Waals surface area contributed by atoms with Crippen LogP contribution in [0.2, 0.25) is 0 Å². The summed E-state index contributed by atoms with van der Waals surface area (Å²) in [6.07, 6.45) is 4.93. The lowest BCUT2D eigenvalue weighted by Gasteiger charge is -2.35. The van der Waals surface area contributed by atoms with E-state index in [1.54, 1.807) is 6.20 Å². The fourth-order valence-electron chi connectivity index (χ4n) is 2.67. The molecule has 2 aliphatic heterocycles. The molecule has 0 unspecified atom stereocenters. The fraction of sp³-hybridized carbons (Fsp3) is 0.583. The van der Waals surface area contributed by atoms with Gasteiger partial charge in [-0.25, -0.2) is 9.78 Å². The molecule has 0 radical (unpaired) electrons. The van der Waals surface area contributed by atoms with Crippen molar-refractivity contribution in [3.8, 4) is 0 Å². The van der Waals surface area contributed by atoms with Crippen LogP contribution in [-0.2, 0) is 4.74 Å². The minimum atomic E-state index is -0.179. The van der Waals surface area contributed by atoms with Crippen LogP contribution in [0, 0.1) is 0 Å². The lowest BCUT2D eigenvalue weighted by Crippen LogP contribution is -2.45. The Labute approximate surface area is 111 Å². The molecule has 0 aromatic carbocycles. The van der Waals surface area contributed by atoms with Gasteiger partial charge in [0.15, 0.2) is 0 Å². The number of nitrogens with two attached hydrogens (primary N) is 1. The molecule has 1 amide bonds. The Morgan fingerprint density at radius 1 is 1.26 bits per heavy atom. The summed E-state index contributed by atoms with van der Waals surface area (Å²) in [7, 11) is 0. The third kappa shape index (κ3) is 2.40. The van der Waals surface area contributed by atoms with Crippen molar-refractivity contribution < 1.29 is 9.53 Å². The van der Waals surface area contributed by atoms with Gasteiger partial charge in [0.05, 0.1) is 18.9 Å². The maximum atomic E-state index is 11.5. The summed E-state index contributed by atoms with van der Waals surface area (Å²) < 4.78 is 4.98. The van der Waals surface area contributed by atoms with Gasteiger partial charge in [-0.1, -0.05) is 0 Å². The molecule has 3 heterocycles. The summed E-state index contributed by atoms with van der Waals surface area (Å²) in [4.78, 5) is 23.8. The van der Waals surface area contributed by atoms with E-state index in [1.165, 1.54) is 6.20 Å². The van der Waals surface area contributed by atoms with E-state index in [-0.39, 0.29) is 12.1 Å². The second-order valence-electron chi connectivity index (χ2n) is 4.83. The van der Waals surface area contributed by atoms with Gasteiger partial charge >= 0.3 is 6.09 Å². The van der Waals surface area contributed by atoms with E-state index in [4.69, 9.17) is 10.5 Å². The highest BCUT2D eigenvalue weighted by atomic mass is 16.6. The van der Waals surface area contributed by atoms with Crippen LogP contribution in [0.1, 0.15) is 12.8 Å². The normalized spacial score (nSPS) is 20.7. The Balaban J connectivity index is 1.61. The lowest BCUT2D eigenvalue weighted by molar-refractivity contribution is 0.142. The first kappa shape index (κ1) is 12.0. The van der Waals surface area contributed by atoms with E-state index in [2.05, 4.69) is 14.9 Å². The molecule has 2 saturated heterocycles. The summed E-state index contributed by atoms with van der Waals surface area (Å²) in [6.45, 7) is 2.93. The fourth-order valence-corrected chi connectivity index (χ4v) is 2.67. The third-order valence-corrected chi connectivity index (χ3v) is 3.66. The van der Waals surface area contributed by atoms with Gasteiger partial charge in [-0.15, -0.1) is 0 Å². The van der Waals surface area contributed by atoms with Gasteiger partial charge in [-0.3, -0.25) is 4.98 Å². The van der Waals surface area contributed by atoms with Crippen molar-refractivity contribution in [2.24, 2.45) is 0 Å². The predicted molar refractivity (Wildman–Crippen MR) is 69.7 cm³/mol. The quantitative estimate of drug-likeness (QED) is 0.835. The number of rotatable bonds is 2. The maximum Gasteiger partial charge on any atom is 0.410 e.